The van der Waals surface area contributed by atoms with E-state index in [1.807, 2.05) is 5.32 Å². The number of halogens is 4. The maximum absolute atomic E-state index is 14.8. The summed E-state index contributed by atoms with van der Waals surface area (Å²) in [6, 6.07) is 1.87. The summed E-state index contributed by atoms with van der Waals surface area (Å²) in [5, 5.41) is 7.28. The number of likely N-dealkylation sites (tertiary alicyclic amines) is 1. The molecule has 1 aliphatic carbocycles. The summed E-state index contributed by atoms with van der Waals surface area (Å²) >= 11 is 4.61. The minimum Gasteiger partial charge on any atom is -0.463 e. The average Bonchev–Trinajstić information content (AvgIpc) is 3.55. The number of benzene rings is 1. The van der Waals surface area contributed by atoms with Gasteiger partial charge < -0.3 is 10.1 Å². The van der Waals surface area contributed by atoms with Crippen molar-refractivity contribution < 1.29 is 37.1 Å². The van der Waals surface area contributed by atoms with E-state index in [1.165, 1.54) is 34.4 Å². The zero-order chi connectivity index (χ0) is 30.9. The average molecular weight is 683 g/mol. The zero-order valence-electron chi connectivity index (χ0n) is 22.9. The molecule has 228 valence electrons. The van der Waals surface area contributed by atoms with Crippen molar-refractivity contribution in [2.45, 2.75) is 50.6 Å². The summed E-state index contributed by atoms with van der Waals surface area (Å²) < 4.78 is 49.2. The molecule has 10 nitrogen and oxygen atoms in total. The number of amidine groups is 1. The molecule has 1 saturated carbocycles. The molecule has 2 atom stereocenters. The van der Waals surface area contributed by atoms with Gasteiger partial charge in [-0.05, 0) is 37.5 Å². The summed E-state index contributed by atoms with van der Waals surface area (Å²) in [7, 11) is 0. The first-order valence-corrected chi connectivity index (χ1v) is 15.2. The van der Waals surface area contributed by atoms with Crippen molar-refractivity contribution >= 4 is 56.7 Å². The normalized spacial score (nSPS) is 21.7. The third-order valence-electron chi connectivity index (χ3n) is 7.21. The second-order valence-corrected chi connectivity index (χ2v) is 12.2. The largest absolute Gasteiger partial charge is 0.463 e. The Morgan fingerprint density at radius 2 is 2.02 bits per heavy atom. The van der Waals surface area contributed by atoms with Crippen LogP contribution in [0.1, 0.15) is 49.2 Å². The molecule has 0 spiro atoms. The summed E-state index contributed by atoms with van der Waals surface area (Å²) in [6.07, 6.45) is 1.57. The highest BCUT2D eigenvalue weighted by molar-refractivity contribution is 9.10. The Hall–Kier alpha value is -3.43. The number of imide groups is 1. The van der Waals surface area contributed by atoms with E-state index in [9.17, 15) is 32.3 Å². The molecule has 2 aromatic rings. The molecule has 2 N–H and O–H groups in total. The first-order valence-electron chi connectivity index (χ1n) is 13.6. The van der Waals surface area contributed by atoms with Crippen LogP contribution in [0.25, 0.3) is 0 Å². The Morgan fingerprint density at radius 3 is 2.67 bits per heavy atom. The first-order chi connectivity index (χ1) is 20.5. The number of carbonyl (C=O) groups excluding carboxylic acids is 4. The van der Waals surface area contributed by atoms with Crippen LogP contribution in [-0.2, 0) is 23.9 Å². The molecule has 3 heterocycles. The number of rotatable bonds is 10. The van der Waals surface area contributed by atoms with Crippen LogP contribution in [0.5, 0.6) is 0 Å². The number of carbonyl (C=O) groups is 4. The van der Waals surface area contributed by atoms with Crippen LogP contribution in [-0.4, -0.2) is 70.9 Å². The molecule has 1 aromatic carbocycles. The van der Waals surface area contributed by atoms with Crippen LogP contribution in [0.3, 0.4) is 0 Å². The van der Waals surface area contributed by atoms with Crippen molar-refractivity contribution in [3.63, 3.8) is 0 Å². The maximum atomic E-state index is 14.8. The number of thiazole rings is 1. The van der Waals surface area contributed by atoms with Gasteiger partial charge in [0.05, 0.1) is 18.7 Å². The van der Waals surface area contributed by atoms with Crippen LogP contribution in [0.15, 0.2) is 50.5 Å². The number of aliphatic imine (C=N–C) groups is 1. The fourth-order valence-electron chi connectivity index (χ4n) is 5.11. The van der Waals surface area contributed by atoms with E-state index in [2.05, 4.69) is 26.2 Å². The van der Waals surface area contributed by atoms with Crippen LogP contribution in [0, 0.1) is 11.7 Å². The molecule has 2 fully saturated rings. The molecule has 15 heteroatoms. The number of ketones is 1. The number of Topliss-reactive ketones (excluding diaryl/α,β-unsaturated/α-hetero) is 1. The molecule has 3 aliphatic rings. The van der Waals surface area contributed by atoms with Crippen LogP contribution in [0.2, 0.25) is 0 Å². The van der Waals surface area contributed by atoms with Gasteiger partial charge in [0.15, 0.2) is 10.8 Å². The Bertz CT molecular complexity index is 1510. The summed E-state index contributed by atoms with van der Waals surface area (Å²) in [6.45, 7) is 0.673. The van der Waals surface area contributed by atoms with Crippen molar-refractivity contribution in [1.82, 2.24) is 20.5 Å². The van der Waals surface area contributed by atoms with Gasteiger partial charge in [-0.25, -0.2) is 22.9 Å². The molecule has 0 radical (unpaired) electrons. The molecule has 2 amide bonds. The van der Waals surface area contributed by atoms with Gasteiger partial charge >= 0.3 is 5.97 Å². The molecular formula is C28H27BrF3N5O5S. The van der Waals surface area contributed by atoms with E-state index in [0.717, 1.165) is 0 Å². The number of ether oxygens (including phenoxy) is 1. The molecule has 1 unspecified atom stereocenters. The topological polar surface area (TPSA) is 130 Å². The van der Waals surface area contributed by atoms with Gasteiger partial charge in [0.2, 0.25) is 11.7 Å². The standard InChI is InChI=1S/C28H27BrF3N5O5S/c1-2-42-27(41)21-19(34-24(26-33-7-8-43-26)36-22(21)17-6-5-15(30)9-18(17)29)12-37-13-28(31,32)11-16(37)10-20(38)35-25(40)23(39)14-3-4-14/h5-9,14,16,22H,2-4,10-13H2,1H3,(H,34,36)(H,35,38,40)/t16?,22-/m0/s1. The highest BCUT2D eigenvalue weighted by atomic mass is 79.9. The molecule has 2 aliphatic heterocycles. The molecule has 1 aromatic heterocycles. The lowest BCUT2D eigenvalue weighted by Gasteiger charge is -2.31. The highest BCUT2D eigenvalue weighted by Crippen LogP contribution is 2.39. The highest BCUT2D eigenvalue weighted by Gasteiger charge is 2.47. The van der Waals surface area contributed by atoms with E-state index >= 15 is 0 Å². The van der Waals surface area contributed by atoms with Crippen LogP contribution >= 0.6 is 27.3 Å². The van der Waals surface area contributed by atoms with Crippen LogP contribution in [0.4, 0.5) is 13.2 Å². The quantitative estimate of drug-likeness (QED) is 0.287. The Morgan fingerprint density at radius 1 is 1.26 bits per heavy atom. The fraction of sp³-hybridized carbons (Fsp3) is 0.429. The van der Waals surface area contributed by atoms with Crippen molar-refractivity contribution in [2.75, 3.05) is 19.7 Å². The molecule has 0 bridgehead atoms. The fourth-order valence-corrected chi connectivity index (χ4v) is 6.26. The predicted octanol–water partition coefficient (Wildman–Crippen LogP) is 3.67. The van der Waals surface area contributed by atoms with Gasteiger partial charge in [-0.1, -0.05) is 22.0 Å². The number of aromatic nitrogens is 1. The van der Waals surface area contributed by atoms with Crippen molar-refractivity contribution in [2.24, 2.45) is 10.9 Å². The van der Waals surface area contributed by atoms with Gasteiger partial charge in [0, 0.05) is 53.1 Å². The van der Waals surface area contributed by atoms with E-state index < -0.39 is 72.7 Å². The second-order valence-electron chi connectivity index (χ2n) is 10.5. The lowest BCUT2D eigenvalue weighted by Crippen LogP contribution is -2.44. The number of hydrogen-bond donors (Lipinski definition) is 2. The third-order valence-corrected chi connectivity index (χ3v) is 8.67. The maximum Gasteiger partial charge on any atom is 0.338 e. The molecule has 1 saturated heterocycles. The van der Waals surface area contributed by atoms with E-state index in [1.54, 1.807) is 18.5 Å². The van der Waals surface area contributed by atoms with E-state index in [0.29, 0.717) is 27.9 Å². The van der Waals surface area contributed by atoms with E-state index in [4.69, 9.17) is 9.73 Å². The van der Waals surface area contributed by atoms with Gasteiger partial charge in [-0.2, -0.15) is 0 Å². The number of alkyl halides is 2. The summed E-state index contributed by atoms with van der Waals surface area (Å²) in [5.74, 6) is -7.14. The van der Waals surface area contributed by atoms with Gasteiger partial charge in [0.1, 0.15) is 11.9 Å². The number of hydrogen-bond acceptors (Lipinski definition) is 10. The minimum atomic E-state index is -3.16. The monoisotopic (exact) mass is 681 g/mol. The number of esters is 1. The smallest absolute Gasteiger partial charge is 0.338 e. The molecule has 5 rings (SSSR count). The SMILES string of the molecule is CCOC(=O)C1=C(CN2CC(F)(F)CC2CC(=O)NC(=O)C(=O)C2CC2)NC(c2nccs2)=N[C@H]1c1ccc(F)cc1Br. The van der Waals surface area contributed by atoms with Crippen molar-refractivity contribution in [1.29, 1.82) is 0 Å². The minimum absolute atomic E-state index is 0.0220. The number of nitrogens with one attached hydrogen (secondary N) is 2. The van der Waals surface area contributed by atoms with Crippen LogP contribution < -0.4 is 10.6 Å². The first kappa shape index (κ1) is 31.0. The van der Waals surface area contributed by atoms with E-state index in [-0.39, 0.29) is 30.3 Å². The zero-order valence-corrected chi connectivity index (χ0v) is 25.3. The predicted molar refractivity (Wildman–Crippen MR) is 153 cm³/mol. The Balaban J connectivity index is 1.48. The second kappa shape index (κ2) is 12.7. The Kier molecular flexibility index (Phi) is 9.13. The lowest BCUT2D eigenvalue weighted by molar-refractivity contribution is -0.142. The third kappa shape index (κ3) is 7.21. The summed E-state index contributed by atoms with van der Waals surface area (Å²) in [5.41, 5.74) is 0.653. The van der Waals surface area contributed by atoms with Crippen molar-refractivity contribution in [3.8, 4) is 0 Å². The van der Waals surface area contributed by atoms with Gasteiger partial charge in [-0.15, -0.1) is 11.3 Å². The Labute approximate surface area is 256 Å². The van der Waals surface area contributed by atoms with Gasteiger partial charge in [-0.3, -0.25) is 29.6 Å². The molecule has 43 heavy (non-hydrogen) atoms. The van der Waals surface area contributed by atoms with Crippen molar-refractivity contribution in [3.05, 3.63) is 61.9 Å². The van der Waals surface area contributed by atoms with Gasteiger partial charge in [0.25, 0.3) is 11.8 Å². The molecular weight excluding hydrogens is 655 g/mol. The number of amides is 2. The number of nitrogens with zero attached hydrogens (tertiary/aromatic N) is 3. The summed E-state index contributed by atoms with van der Waals surface area (Å²) in [4.78, 5) is 60.5. The lowest BCUT2D eigenvalue weighted by atomic mass is 9.95.